The van der Waals surface area contributed by atoms with Crippen molar-refractivity contribution >= 4 is 41.3 Å². The summed E-state index contributed by atoms with van der Waals surface area (Å²) >= 11 is 1.51. The lowest BCUT2D eigenvalue weighted by Crippen LogP contribution is -2.68. The summed E-state index contributed by atoms with van der Waals surface area (Å²) in [5.74, 6) is -3.70. The Kier molecular flexibility index (Phi) is 6.50. The number of rotatable bonds is 9. The molecule has 11 heteroatoms. The van der Waals surface area contributed by atoms with E-state index >= 15 is 0 Å². The van der Waals surface area contributed by atoms with Crippen LogP contribution in [0.5, 0.6) is 0 Å². The average molecular weight is 433 g/mol. The summed E-state index contributed by atoms with van der Waals surface area (Å²) in [5.41, 5.74) is 1.05. The first-order valence-corrected chi connectivity index (χ1v) is 10.2. The van der Waals surface area contributed by atoms with Gasteiger partial charge in [0, 0.05) is 48.1 Å². The number of nitrogens with one attached hydrogen (secondary N) is 1. The van der Waals surface area contributed by atoms with Gasteiger partial charge in [0.15, 0.2) is 18.9 Å². The molecule has 10 nitrogen and oxygen atoms in total. The highest BCUT2D eigenvalue weighted by Crippen LogP contribution is 2.36. The number of aliphatic carboxylic acids is 1. The molecule has 1 unspecified atom stereocenters. The van der Waals surface area contributed by atoms with Crippen LogP contribution in [0.3, 0.4) is 0 Å². The third-order valence-corrected chi connectivity index (χ3v) is 6.09. The number of hydrogen-bond acceptors (Lipinski definition) is 7. The van der Waals surface area contributed by atoms with Gasteiger partial charge in [0.1, 0.15) is 11.4 Å². The largest absolute Gasteiger partial charge is 0.545 e. The molecule has 2 atom stereocenters. The minimum atomic E-state index is -1.52. The fourth-order valence-electron chi connectivity index (χ4n) is 3.14. The van der Waals surface area contributed by atoms with E-state index in [-0.39, 0.29) is 36.1 Å². The molecule has 0 saturated carbocycles. The van der Waals surface area contributed by atoms with Gasteiger partial charge in [0.25, 0.3) is 5.91 Å². The SMILES string of the molecule is O=C(CCCC(=O)C(=O)O)NC1C(=O)N2C=C(C[n+]3ccc(C(=O)[O-])cc3)CS[C@H]12. The number of thioether (sulfide) groups is 1. The van der Waals surface area contributed by atoms with Crippen molar-refractivity contribution in [1.29, 1.82) is 0 Å². The van der Waals surface area contributed by atoms with Crippen LogP contribution in [0.25, 0.3) is 0 Å². The molecule has 0 aliphatic carbocycles. The number of ketones is 1. The predicted molar refractivity (Wildman–Crippen MR) is 101 cm³/mol. The fourth-order valence-corrected chi connectivity index (χ4v) is 4.39. The molecule has 1 fully saturated rings. The van der Waals surface area contributed by atoms with Crippen LogP contribution in [0.1, 0.15) is 29.6 Å². The van der Waals surface area contributed by atoms with E-state index in [1.807, 2.05) is 0 Å². The van der Waals surface area contributed by atoms with Gasteiger partial charge >= 0.3 is 5.97 Å². The number of pyridine rings is 1. The van der Waals surface area contributed by atoms with E-state index < -0.39 is 29.7 Å². The maximum atomic E-state index is 12.4. The zero-order valence-corrected chi connectivity index (χ0v) is 16.6. The lowest BCUT2D eigenvalue weighted by molar-refractivity contribution is -0.689. The second-order valence-electron chi connectivity index (χ2n) is 6.91. The van der Waals surface area contributed by atoms with Crippen LogP contribution in [0, 0.1) is 0 Å². The van der Waals surface area contributed by atoms with Crippen molar-refractivity contribution in [1.82, 2.24) is 10.2 Å². The van der Waals surface area contributed by atoms with Crippen LogP contribution in [-0.2, 0) is 25.7 Å². The first-order chi connectivity index (χ1) is 14.3. The number of carbonyl (C=O) groups is 5. The molecule has 158 valence electrons. The fraction of sp³-hybridized carbons (Fsp3) is 0.368. The van der Waals surface area contributed by atoms with E-state index in [4.69, 9.17) is 5.11 Å². The molecule has 0 aromatic carbocycles. The van der Waals surface area contributed by atoms with Gasteiger partial charge in [-0.15, -0.1) is 11.8 Å². The summed E-state index contributed by atoms with van der Waals surface area (Å²) in [6, 6.07) is 2.24. The Morgan fingerprint density at radius 1 is 1.23 bits per heavy atom. The zero-order chi connectivity index (χ0) is 21.8. The topological polar surface area (TPSA) is 148 Å². The van der Waals surface area contributed by atoms with Crippen LogP contribution in [-0.4, -0.2) is 56.7 Å². The number of carbonyl (C=O) groups excluding carboxylic acids is 4. The minimum absolute atomic E-state index is 0.0280. The third-order valence-electron chi connectivity index (χ3n) is 4.72. The number of nitrogens with zero attached hydrogens (tertiary/aromatic N) is 2. The normalized spacial score (nSPS) is 19.9. The molecular formula is C19H19N3O7S. The number of carboxylic acid groups (broad SMARTS) is 2. The highest BCUT2D eigenvalue weighted by atomic mass is 32.2. The maximum Gasteiger partial charge on any atom is 0.372 e. The Hall–Kier alpha value is -3.21. The number of β-lactam (4-membered cyclic amide) rings is 1. The number of carboxylic acids is 2. The Labute approximate surface area is 175 Å². The monoisotopic (exact) mass is 433 g/mol. The lowest BCUT2D eigenvalue weighted by Gasteiger charge is -2.47. The van der Waals surface area contributed by atoms with E-state index in [2.05, 4.69) is 5.32 Å². The van der Waals surface area contributed by atoms with E-state index in [1.165, 1.54) is 23.9 Å². The molecule has 3 heterocycles. The molecule has 30 heavy (non-hydrogen) atoms. The number of aromatic nitrogens is 1. The summed E-state index contributed by atoms with van der Waals surface area (Å²) in [6.07, 6.45) is 4.85. The summed E-state index contributed by atoms with van der Waals surface area (Å²) in [7, 11) is 0. The van der Waals surface area contributed by atoms with Gasteiger partial charge < -0.3 is 25.2 Å². The molecule has 0 bridgehead atoms. The van der Waals surface area contributed by atoms with Crippen LogP contribution in [0.4, 0.5) is 0 Å². The summed E-state index contributed by atoms with van der Waals surface area (Å²) in [6.45, 7) is 0.492. The van der Waals surface area contributed by atoms with Crippen molar-refractivity contribution in [3.63, 3.8) is 0 Å². The number of aromatic carboxylic acids is 1. The Bertz CT molecular complexity index is 929. The van der Waals surface area contributed by atoms with Crippen molar-refractivity contribution in [2.45, 2.75) is 37.2 Å². The van der Waals surface area contributed by atoms with Crippen molar-refractivity contribution in [2.75, 3.05) is 5.75 Å². The van der Waals surface area contributed by atoms with Crippen LogP contribution < -0.4 is 15.0 Å². The highest BCUT2D eigenvalue weighted by molar-refractivity contribution is 8.00. The molecule has 2 aliphatic rings. The van der Waals surface area contributed by atoms with Gasteiger partial charge in [-0.2, -0.15) is 0 Å². The van der Waals surface area contributed by atoms with Crippen molar-refractivity contribution in [3.8, 4) is 0 Å². The maximum absolute atomic E-state index is 12.4. The minimum Gasteiger partial charge on any atom is -0.545 e. The number of fused-ring (bicyclic) bond motifs is 1. The highest BCUT2D eigenvalue weighted by Gasteiger charge is 2.49. The quantitative estimate of drug-likeness (QED) is 0.270. The number of hydrogen-bond donors (Lipinski definition) is 2. The molecule has 1 aromatic rings. The molecule has 2 N–H and O–H groups in total. The van der Waals surface area contributed by atoms with Gasteiger partial charge in [-0.3, -0.25) is 14.4 Å². The van der Waals surface area contributed by atoms with E-state index in [9.17, 15) is 29.1 Å². The van der Waals surface area contributed by atoms with Gasteiger partial charge in [-0.05, 0) is 6.42 Å². The van der Waals surface area contributed by atoms with Crippen molar-refractivity contribution < 1.29 is 38.8 Å². The van der Waals surface area contributed by atoms with Gasteiger partial charge in [-0.1, -0.05) is 0 Å². The predicted octanol–water partition coefficient (Wildman–Crippen LogP) is -1.55. The first kappa shape index (κ1) is 21.5. The molecule has 3 rings (SSSR count). The van der Waals surface area contributed by atoms with Crippen LogP contribution in [0.2, 0.25) is 0 Å². The van der Waals surface area contributed by atoms with Crippen LogP contribution in [0.15, 0.2) is 36.3 Å². The van der Waals surface area contributed by atoms with E-state index in [0.717, 1.165) is 5.57 Å². The smallest absolute Gasteiger partial charge is 0.372 e. The second kappa shape index (κ2) is 9.08. The third kappa shape index (κ3) is 4.85. The Morgan fingerprint density at radius 3 is 2.57 bits per heavy atom. The molecule has 0 spiro atoms. The van der Waals surface area contributed by atoms with Crippen LogP contribution >= 0.6 is 11.8 Å². The zero-order valence-electron chi connectivity index (χ0n) is 15.8. The van der Waals surface area contributed by atoms with Gasteiger partial charge in [-0.25, -0.2) is 9.36 Å². The molecular weight excluding hydrogens is 414 g/mol. The second-order valence-corrected chi connectivity index (χ2v) is 8.01. The molecule has 1 saturated heterocycles. The molecule has 1 aromatic heterocycles. The first-order valence-electron chi connectivity index (χ1n) is 9.15. The Balaban J connectivity index is 1.49. The summed E-state index contributed by atoms with van der Waals surface area (Å²) < 4.78 is 1.79. The van der Waals surface area contributed by atoms with E-state index in [1.54, 1.807) is 28.1 Å². The molecule has 2 aliphatic heterocycles. The van der Waals surface area contributed by atoms with Gasteiger partial charge in [0.2, 0.25) is 11.7 Å². The lowest BCUT2D eigenvalue weighted by atomic mass is 10.1. The Morgan fingerprint density at radius 2 is 1.93 bits per heavy atom. The summed E-state index contributed by atoms with van der Waals surface area (Å²) in [4.78, 5) is 58.2. The molecule has 0 radical (unpaired) electrons. The van der Waals surface area contributed by atoms with E-state index in [0.29, 0.717) is 12.3 Å². The molecule has 2 amide bonds. The number of amides is 2. The average Bonchev–Trinajstić information content (AvgIpc) is 2.72. The summed E-state index contributed by atoms with van der Waals surface area (Å²) in [5, 5.41) is 21.7. The van der Waals surface area contributed by atoms with Gasteiger partial charge in [0.05, 0.1) is 5.97 Å². The van der Waals surface area contributed by atoms with Crippen molar-refractivity contribution in [2.24, 2.45) is 0 Å². The van der Waals surface area contributed by atoms with Crippen molar-refractivity contribution in [3.05, 3.63) is 41.9 Å². The number of Topliss-reactive ketones (excluding diaryl/α,β-unsaturated/α-hetero) is 1. The standard InChI is InChI=1S/C19H19N3O7S/c23-13(19(28)29)2-1-3-14(24)20-15-16(25)22-9-11(10-30-17(15)22)8-21-6-4-12(5-7-21)18(26)27/h4-7,9,15,17H,1-3,8,10H2,(H2-,20,24,26,27,28,29)/t15?,17-/m1/s1.